The van der Waals surface area contributed by atoms with Crippen LogP contribution in [0.2, 0.25) is 0 Å². The molecule has 2 heterocycles. The molecule has 0 aromatic heterocycles. The highest BCUT2D eigenvalue weighted by atomic mass is 32.2. The number of imide groups is 1. The Kier molecular flexibility index (Phi) is 6.75. The van der Waals surface area contributed by atoms with Gasteiger partial charge in [-0.2, -0.15) is 8.42 Å². The highest BCUT2D eigenvalue weighted by Gasteiger charge is 2.55. The van der Waals surface area contributed by atoms with Crippen LogP contribution in [0.25, 0.3) is 0 Å². The van der Waals surface area contributed by atoms with Crippen molar-refractivity contribution in [2.45, 2.75) is 42.3 Å². The molecule has 1 fully saturated rings. The molecule has 186 valence electrons. The molecule has 0 saturated carbocycles. The average molecular weight is 506 g/mol. The van der Waals surface area contributed by atoms with E-state index in [1.807, 2.05) is 0 Å². The molecule has 2 aromatic rings. The van der Waals surface area contributed by atoms with Crippen molar-refractivity contribution >= 4 is 27.9 Å². The standard InChI is InChI=1S/C23H23NO10S/c1-12-7-9-13(10-8-12)35(30,31)33-11-16-18(25)19(26)17(20(34-16)23(29)32-2)24-21(27)14-5-3-4-6-15(14)22(24)28/h3-10,16-20,25-26H,11H2,1-2H3/t16-,17-,18-,19-,20-/m1/s1. The van der Waals surface area contributed by atoms with E-state index in [2.05, 4.69) is 0 Å². The fraction of sp³-hybridized carbons (Fsp3) is 0.348. The Morgan fingerprint density at radius 1 is 1.00 bits per heavy atom. The predicted molar refractivity (Wildman–Crippen MR) is 118 cm³/mol. The van der Waals surface area contributed by atoms with Crippen molar-refractivity contribution in [3.8, 4) is 0 Å². The number of benzene rings is 2. The fourth-order valence-corrected chi connectivity index (χ4v) is 5.01. The normalized spacial score (nSPS) is 26.5. The first-order chi connectivity index (χ1) is 16.6. The van der Waals surface area contributed by atoms with E-state index in [-0.39, 0.29) is 16.0 Å². The number of ether oxygens (including phenoxy) is 2. The summed E-state index contributed by atoms with van der Waals surface area (Å²) in [5.41, 5.74) is 0.966. The van der Waals surface area contributed by atoms with Crippen molar-refractivity contribution in [3.05, 3.63) is 65.2 Å². The van der Waals surface area contributed by atoms with E-state index in [0.717, 1.165) is 12.7 Å². The van der Waals surface area contributed by atoms with Crippen LogP contribution in [0.3, 0.4) is 0 Å². The summed E-state index contributed by atoms with van der Waals surface area (Å²) in [7, 11) is -3.21. The predicted octanol–water partition coefficient (Wildman–Crippen LogP) is 0.0273. The van der Waals surface area contributed by atoms with Crippen molar-refractivity contribution in [2.75, 3.05) is 13.7 Å². The van der Waals surface area contributed by atoms with Crippen LogP contribution in [0.4, 0.5) is 0 Å². The van der Waals surface area contributed by atoms with Gasteiger partial charge in [-0.25, -0.2) is 4.79 Å². The Morgan fingerprint density at radius 3 is 2.11 bits per heavy atom. The van der Waals surface area contributed by atoms with Gasteiger partial charge in [-0.1, -0.05) is 29.8 Å². The van der Waals surface area contributed by atoms with E-state index in [1.54, 1.807) is 31.2 Å². The molecule has 0 bridgehead atoms. The van der Waals surface area contributed by atoms with E-state index in [1.165, 1.54) is 24.3 Å². The first-order valence-electron chi connectivity index (χ1n) is 10.6. The molecule has 0 spiro atoms. The molecule has 2 aliphatic heterocycles. The maximum Gasteiger partial charge on any atom is 0.337 e. The lowest BCUT2D eigenvalue weighted by Gasteiger charge is -2.44. The van der Waals surface area contributed by atoms with Crippen molar-refractivity contribution in [3.63, 3.8) is 0 Å². The summed E-state index contributed by atoms with van der Waals surface area (Å²) in [6.07, 6.45) is -6.89. The van der Waals surface area contributed by atoms with Gasteiger partial charge < -0.3 is 19.7 Å². The zero-order valence-electron chi connectivity index (χ0n) is 18.7. The molecule has 11 nitrogen and oxygen atoms in total. The van der Waals surface area contributed by atoms with Crippen LogP contribution in [0.5, 0.6) is 0 Å². The van der Waals surface area contributed by atoms with Gasteiger partial charge in [-0.3, -0.25) is 18.7 Å². The molecule has 1 saturated heterocycles. The Morgan fingerprint density at radius 2 is 1.57 bits per heavy atom. The van der Waals surface area contributed by atoms with Crippen LogP contribution in [0, 0.1) is 6.92 Å². The number of aryl methyl sites for hydroxylation is 1. The molecule has 2 aliphatic rings. The zero-order chi connectivity index (χ0) is 25.5. The first-order valence-corrected chi connectivity index (χ1v) is 12.0. The minimum absolute atomic E-state index is 0.0671. The third-order valence-corrected chi connectivity index (χ3v) is 7.26. The van der Waals surface area contributed by atoms with E-state index in [9.17, 15) is 33.0 Å². The van der Waals surface area contributed by atoms with E-state index < -0.39 is 65.0 Å². The Balaban J connectivity index is 1.58. The molecule has 2 aromatic carbocycles. The summed E-state index contributed by atoms with van der Waals surface area (Å²) in [6.45, 7) is 1.03. The number of fused-ring (bicyclic) bond motifs is 1. The summed E-state index contributed by atoms with van der Waals surface area (Å²) in [5, 5.41) is 21.6. The molecule has 0 aliphatic carbocycles. The maximum atomic E-state index is 12.9. The third kappa shape index (κ3) is 4.46. The van der Waals surface area contributed by atoms with Gasteiger partial charge in [0.25, 0.3) is 21.9 Å². The zero-order valence-corrected chi connectivity index (χ0v) is 19.5. The summed E-state index contributed by atoms with van der Waals surface area (Å²) in [4.78, 5) is 38.9. The largest absolute Gasteiger partial charge is 0.467 e. The smallest absolute Gasteiger partial charge is 0.337 e. The number of amides is 2. The van der Waals surface area contributed by atoms with Crippen molar-refractivity contribution in [1.29, 1.82) is 0 Å². The van der Waals surface area contributed by atoms with Crippen LogP contribution in [-0.4, -0.2) is 85.5 Å². The highest BCUT2D eigenvalue weighted by Crippen LogP contribution is 2.33. The molecule has 2 N–H and O–H groups in total. The molecular formula is C23H23NO10S. The average Bonchev–Trinajstić information content (AvgIpc) is 3.09. The van der Waals surface area contributed by atoms with Crippen LogP contribution in [0.15, 0.2) is 53.4 Å². The monoisotopic (exact) mass is 505 g/mol. The number of aliphatic hydroxyl groups is 2. The van der Waals surface area contributed by atoms with Gasteiger partial charge in [0.2, 0.25) is 0 Å². The number of rotatable bonds is 6. The van der Waals surface area contributed by atoms with Crippen molar-refractivity contribution < 1.29 is 46.7 Å². The Hall–Kier alpha value is -3.16. The summed E-state index contributed by atoms with van der Waals surface area (Å²) >= 11 is 0. The van der Waals surface area contributed by atoms with Gasteiger partial charge in [-0.05, 0) is 31.2 Å². The molecule has 4 rings (SSSR count). The van der Waals surface area contributed by atoms with Gasteiger partial charge in [0.05, 0.1) is 29.7 Å². The Bertz CT molecular complexity index is 1220. The molecule has 0 radical (unpaired) electrons. The molecule has 2 amide bonds. The van der Waals surface area contributed by atoms with Gasteiger partial charge in [0.1, 0.15) is 24.4 Å². The molecule has 0 unspecified atom stereocenters. The van der Waals surface area contributed by atoms with Crippen LogP contribution in [-0.2, 0) is 28.6 Å². The fourth-order valence-electron chi connectivity index (χ4n) is 4.10. The van der Waals surface area contributed by atoms with Crippen LogP contribution >= 0.6 is 0 Å². The molecule has 12 heteroatoms. The number of hydrogen-bond acceptors (Lipinski definition) is 10. The topological polar surface area (TPSA) is 157 Å². The second-order valence-corrected chi connectivity index (χ2v) is 9.78. The van der Waals surface area contributed by atoms with Gasteiger partial charge in [0, 0.05) is 0 Å². The number of carbonyl (C=O) groups excluding carboxylic acids is 3. The minimum atomic E-state index is -4.25. The highest BCUT2D eigenvalue weighted by molar-refractivity contribution is 7.86. The van der Waals surface area contributed by atoms with Crippen LogP contribution < -0.4 is 0 Å². The molecular weight excluding hydrogens is 482 g/mol. The summed E-state index contributed by atoms with van der Waals surface area (Å²) in [6, 6.07) is 10.1. The number of carbonyl (C=O) groups is 3. The van der Waals surface area contributed by atoms with E-state index >= 15 is 0 Å². The minimum Gasteiger partial charge on any atom is -0.467 e. The third-order valence-electron chi connectivity index (χ3n) is 5.97. The SMILES string of the molecule is COC(=O)[C@@H]1O[C@H](COS(=O)(=O)c2ccc(C)cc2)[C@@H](O)[C@H](O)[C@H]1N1C(=O)c2ccccc2C1=O. The molecule has 5 atom stereocenters. The second kappa shape index (κ2) is 9.47. The number of nitrogens with zero attached hydrogens (tertiary/aromatic N) is 1. The maximum absolute atomic E-state index is 12.9. The number of methoxy groups -OCH3 is 1. The van der Waals surface area contributed by atoms with Crippen molar-refractivity contribution in [1.82, 2.24) is 4.90 Å². The Labute approximate surface area is 200 Å². The lowest BCUT2D eigenvalue weighted by atomic mass is 9.91. The number of aliphatic hydroxyl groups excluding tert-OH is 2. The summed E-state index contributed by atoms with van der Waals surface area (Å²) in [5.74, 6) is -2.60. The second-order valence-electron chi connectivity index (χ2n) is 8.17. The van der Waals surface area contributed by atoms with Crippen LogP contribution in [0.1, 0.15) is 26.3 Å². The summed E-state index contributed by atoms with van der Waals surface area (Å²) < 4.78 is 40.3. The molecule has 35 heavy (non-hydrogen) atoms. The lowest BCUT2D eigenvalue weighted by Crippen LogP contribution is -2.67. The number of hydrogen-bond donors (Lipinski definition) is 2. The first kappa shape index (κ1) is 24.9. The lowest BCUT2D eigenvalue weighted by molar-refractivity contribution is -0.213. The van der Waals surface area contributed by atoms with Gasteiger partial charge in [-0.15, -0.1) is 0 Å². The van der Waals surface area contributed by atoms with Crippen molar-refractivity contribution in [2.24, 2.45) is 0 Å². The number of esters is 1. The van der Waals surface area contributed by atoms with E-state index in [0.29, 0.717) is 4.90 Å². The van der Waals surface area contributed by atoms with Gasteiger partial charge in [0.15, 0.2) is 6.10 Å². The van der Waals surface area contributed by atoms with Gasteiger partial charge >= 0.3 is 5.97 Å². The van der Waals surface area contributed by atoms with E-state index in [4.69, 9.17) is 13.7 Å². The quantitative estimate of drug-likeness (QED) is 0.312.